The lowest BCUT2D eigenvalue weighted by Crippen LogP contribution is -2.16. The summed E-state index contributed by atoms with van der Waals surface area (Å²) in [5.41, 5.74) is 11.1. The average Bonchev–Trinajstić information content (AvgIpc) is 2.31. The Bertz CT molecular complexity index is 420. The van der Waals surface area contributed by atoms with E-state index in [0.717, 1.165) is 0 Å². The van der Waals surface area contributed by atoms with Crippen LogP contribution in [0.4, 0.5) is 5.69 Å². The minimum atomic E-state index is -0.504. The van der Waals surface area contributed by atoms with Crippen molar-refractivity contribution in [2.75, 3.05) is 18.9 Å². The van der Waals surface area contributed by atoms with E-state index in [1.54, 1.807) is 24.3 Å². The van der Waals surface area contributed by atoms with Gasteiger partial charge in [-0.2, -0.15) is 0 Å². The molecule has 98 valence electrons. The van der Waals surface area contributed by atoms with E-state index in [-0.39, 0.29) is 26.1 Å². The van der Waals surface area contributed by atoms with Gasteiger partial charge in [-0.1, -0.05) is 12.1 Å². The van der Waals surface area contributed by atoms with Gasteiger partial charge < -0.3 is 20.9 Å². The lowest BCUT2D eigenvalue weighted by atomic mass is 10.3. The van der Waals surface area contributed by atoms with Gasteiger partial charge in [0.2, 0.25) is 5.91 Å². The van der Waals surface area contributed by atoms with Crippen molar-refractivity contribution in [2.45, 2.75) is 12.8 Å². The average molecular weight is 252 g/mol. The van der Waals surface area contributed by atoms with E-state index in [1.807, 2.05) is 0 Å². The Morgan fingerprint density at radius 3 is 2.50 bits per heavy atom. The third kappa shape index (κ3) is 5.20. The molecule has 0 atom stereocenters. The maximum atomic E-state index is 11.2. The van der Waals surface area contributed by atoms with Crippen LogP contribution in [0.25, 0.3) is 0 Å². The monoisotopic (exact) mass is 252 g/mol. The summed E-state index contributed by atoms with van der Waals surface area (Å²) in [7, 11) is 0. The molecular formula is C12H16N2O4. The van der Waals surface area contributed by atoms with Crippen molar-refractivity contribution in [1.82, 2.24) is 0 Å². The molecule has 0 radical (unpaired) electrons. The van der Waals surface area contributed by atoms with Crippen molar-refractivity contribution in [3.8, 4) is 5.75 Å². The van der Waals surface area contributed by atoms with Crippen LogP contribution in [0.2, 0.25) is 0 Å². The summed E-state index contributed by atoms with van der Waals surface area (Å²) in [6, 6.07) is 7.01. The molecule has 4 N–H and O–H groups in total. The lowest BCUT2D eigenvalue weighted by molar-refractivity contribution is -0.144. The highest BCUT2D eigenvalue weighted by molar-refractivity contribution is 5.74. The fraction of sp³-hybridized carbons (Fsp3) is 0.333. The highest BCUT2D eigenvalue weighted by Gasteiger charge is 2.05. The van der Waals surface area contributed by atoms with E-state index in [2.05, 4.69) is 0 Å². The van der Waals surface area contributed by atoms with Crippen molar-refractivity contribution in [1.29, 1.82) is 0 Å². The first-order chi connectivity index (χ1) is 8.59. The molecule has 6 nitrogen and oxygen atoms in total. The van der Waals surface area contributed by atoms with E-state index in [4.69, 9.17) is 20.9 Å². The van der Waals surface area contributed by atoms with Gasteiger partial charge >= 0.3 is 5.97 Å². The van der Waals surface area contributed by atoms with Gasteiger partial charge in [0.1, 0.15) is 12.4 Å². The van der Waals surface area contributed by atoms with Gasteiger partial charge in [0.05, 0.1) is 25.1 Å². The largest absolute Gasteiger partial charge is 0.491 e. The highest BCUT2D eigenvalue weighted by Crippen LogP contribution is 2.19. The number of anilines is 1. The van der Waals surface area contributed by atoms with Crippen LogP contribution >= 0.6 is 0 Å². The first-order valence-corrected chi connectivity index (χ1v) is 5.51. The molecule has 18 heavy (non-hydrogen) atoms. The molecule has 0 bridgehead atoms. The van der Waals surface area contributed by atoms with Crippen molar-refractivity contribution < 1.29 is 19.1 Å². The summed E-state index contributed by atoms with van der Waals surface area (Å²) in [5, 5.41) is 0. The van der Waals surface area contributed by atoms with Crippen LogP contribution in [0.3, 0.4) is 0 Å². The molecule has 0 aromatic heterocycles. The number of esters is 1. The second-order valence-electron chi connectivity index (χ2n) is 3.57. The van der Waals surface area contributed by atoms with Crippen LogP contribution < -0.4 is 16.2 Å². The quantitative estimate of drug-likeness (QED) is 0.541. The van der Waals surface area contributed by atoms with Gasteiger partial charge in [-0.3, -0.25) is 9.59 Å². The molecule has 0 aliphatic heterocycles. The zero-order valence-electron chi connectivity index (χ0n) is 9.93. The molecule has 0 spiro atoms. The summed E-state index contributed by atoms with van der Waals surface area (Å²) in [5.74, 6) is -0.413. The fourth-order valence-electron chi connectivity index (χ4n) is 1.19. The number of para-hydroxylation sites is 2. The van der Waals surface area contributed by atoms with Crippen LogP contribution in [-0.4, -0.2) is 25.1 Å². The van der Waals surface area contributed by atoms with Gasteiger partial charge in [0, 0.05) is 0 Å². The molecule has 0 saturated carbocycles. The van der Waals surface area contributed by atoms with Gasteiger partial charge in [0.15, 0.2) is 0 Å². The predicted octanol–water partition coefficient (Wildman–Crippen LogP) is 0.456. The summed E-state index contributed by atoms with van der Waals surface area (Å²) < 4.78 is 10.1. The molecule has 1 aromatic carbocycles. The van der Waals surface area contributed by atoms with Crippen LogP contribution in [-0.2, 0) is 14.3 Å². The molecular weight excluding hydrogens is 236 g/mol. The first kappa shape index (κ1) is 13.8. The van der Waals surface area contributed by atoms with Crippen molar-refractivity contribution >= 4 is 17.6 Å². The molecule has 0 aliphatic carbocycles. The van der Waals surface area contributed by atoms with Crippen LogP contribution in [0, 0.1) is 0 Å². The number of primary amides is 1. The molecule has 1 rings (SSSR count). The van der Waals surface area contributed by atoms with E-state index in [1.165, 1.54) is 0 Å². The normalized spacial score (nSPS) is 9.78. The van der Waals surface area contributed by atoms with E-state index >= 15 is 0 Å². The predicted molar refractivity (Wildman–Crippen MR) is 65.7 cm³/mol. The second kappa shape index (κ2) is 7.16. The maximum absolute atomic E-state index is 11.2. The van der Waals surface area contributed by atoms with Crippen molar-refractivity contribution in [3.63, 3.8) is 0 Å². The SMILES string of the molecule is NC(=O)CCOC(=O)CCOc1ccccc1N. The molecule has 0 heterocycles. The summed E-state index contributed by atoms with van der Waals surface area (Å²) in [6.45, 7) is 0.172. The smallest absolute Gasteiger partial charge is 0.309 e. The van der Waals surface area contributed by atoms with Crippen LogP contribution in [0.1, 0.15) is 12.8 Å². The molecule has 0 saturated heterocycles. The number of nitrogens with two attached hydrogens (primary N) is 2. The molecule has 0 unspecified atom stereocenters. The molecule has 1 aromatic rings. The Hall–Kier alpha value is -2.24. The molecule has 0 fully saturated rings. The van der Waals surface area contributed by atoms with Crippen molar-refractivity contribution in [3.05, 3.63) is 24.3 Å². The maximum Gasteiger partial charge on any atom is 0.309 e. The zero-order chi connectivity index (χ0) is 13.4. The number of hydrogen-bond donors (Lipinski definition) is 2. The van der Waals surface area contributed by atoms with Crippen molar-refractivity contribution in [2.24, 2.45) is 5.73 Å². The Labute approximate surface area is 105 Å². The number of benzene rings is 1. The number of carbonyl (C=O) groups is 2. The number of ether oxygens (including phenoxy) is 2. The number of nitrogen functional groups attached to an aromatic ring is 1. The van der Waals surface area contributed by atoms with Crippen LogP contribution in [0.15, 0.2) is 24.3 Å². The van der Waals surface area contributed by atoms with Gasteiger partial charge in [-0.25, -0.2) is 0 Å². The Morgan fingerprint density at radius 1 is 1.11 bits per heavy atom. The molecule has 0 aliphatic rings. The van der Waals surface area contributed by atoms with Gasteiger partial charge in [-0.05, 0) is 12.1 Å². The number of rotatable bonds is 7. The lowest BCUT2D eigenvalue weighted by Gasteiger charge is -2.08. The van der Waals surface area contributed by atoms with Crippen LogP contribution in [0.5, 0.6) is 5.75 Å². The highest BCUT2D eigenvalue weighted by atomic mass is 16.5. The first-order valence-electron chi connectivity index (χ1n) is 5.51. The standard InChI is InChI=1S/C12H16N2O4/c13-9-3-1-2-4-10(9)17-8-6-12(16)18-7-5-11(14)15/h1-4H,5-8,13H2,(H2,14,15). The topological polar surface area (TPSA) is 105 Å². The molecule has 6 heteroatoms. The van der Waals surface area contributed by atoms with E-state index in [0.29, 0.717) is 11.4 Å². The van der Waals surface area contributed by atoms with Gasteiger partial charge in [0.25, 0.3) is 0 Å². The minimum absolute atomic E-state index is 0.00163. The Morgan fingerprint density at radius 2 is 1.83 bits per heavy atom. The van der Waals surface area contributed by atoms with E-state index in [9.17, 15) is 9.59 Å². The Balaban J connectivity index is 2.20. The molecule has 1 amide bonds. The number of hydrogen-bond acceptors (Lipinski definition) is 5. The second-order valence-corrected chi connectivity index (χ2v) is 3.57. The number of carbonyl (C=O) groups excluding carboxylic acids is 2. The summed E-state index contributed by atoms with van der Waals surface area (Å²) in [4.78, 5) is 21.6. The number of amides is 1. The van der Waals surface area contributed by atoms with Gasteiger partial charge in [-0.15, -0.1) is 0 Å². The zero-order valence-corrected chi connectivity index (χ0v) is 9.93. The fourth-order valence-corrected chi connectivity index (χ4v) is 1.19. The summed E-state index contributed by atoms with van der Waals surface area (Å²) in [6.07, 6.45) is 0.116. The summed E-state index contributed by atoms with van der Waals surface area (Å²) >= 11 is 0. The minimum Gasteiger partial charge on any atom is -0.491 e. The third-order valence-corrected chi connectivity index (χ3v) is 2.09. The van der Waals surface area contributed by atoms with E-state index < -0.39 is 11.9 Å². The third-order valence-electron chi connectivity index (χ3n) is 2.09. The Kier molecular flexibility index (Phi) is 5.50.